The van der Waals surface area contributed by atoms with Crippen molar-refractivity contribution in [3.8, 4) is 5.75 Å². The maximum atomic E-state index is 12.3. The van der Waals surface area contributed by atoms with Crippen molar-refractivity contribution in [2.75, 3.05) is 25.0 Å². The molecular weight excluding hydrogens is 402 g/mol. The fraction of sp³-hybridized carbons (Fsp3) is 0.478. The Balaban J connectivity index is 1.58. The fourth-order valence-corrected chi connectivity index (χ4v) is 3.61. The predicted molar refractivity (Wildman–Crippen MR) is 119 cm³/mol. The van der Waals surface area contributed by atoms with Crippen molar-refractivity contribution in [2.45, 2.75) is 51.9 Å². The molecule has 3 rings (SSSR count). The zero-order chi connectivity index (χ0) is 21.7. The zero-order valence-corrected chi connectivity index (χ0v) is 18.9. The van der Waals surface area contributed by atoms with Gasteiger partial charge in [0, 0.05) is 38.3 Å². The highest BCUT2D eigenvalue weighted by atomic mass is 35.5. The molecule has 6 nitrogen and oxygen atoms in total. The average Bonchev–Trinajstić information content (AvgIpc) is 2.71. The predicted octanol–water partition coefficient (Wildman–Crippen LogP) is 5.15. The monoisotopic (exact) mass is 431 g/mol. The number of nitrogens with zero attached hydrogens (tertiary/aromatic N) is 3. The summed E-state index contributed by atoms with van der Waals surface area (Å²) in [7, 11) is 1.81. The standard InChI is InChI=1S/C23H30ClN3O3/c1-23(2,3)30-22(28)26(4)18-10-12-27(13-11-18)21-15-19(14-20(24)25-21)29-16-17-8-6-5-7-9-17/h5-9,14-15,18H,10-13,16H2,1-4H3. The molecule has 1 saturated heterocycles. The number of ether oxygens (including phenoxy) is 2. The van der Waals surface area contributed by atoms with E-state index in [2.05, 4.69) is 9.88 Å². The molecule has 30 heavy (non-hydrogen) atoms. The van der Waals surface area contributed by atoms with Crippen molar-refractivity contribution < 1.29 is 14.3 Å². The maximum absolute atomic E-state index is 12.3. The number of amides is 1. The van der Waals surface area contributed by atoms with Gasteiger partial charge in [-0.3, -0.25) is 0 Å². The summed E-state index contributed by atoms with van der Waals surface area (Å²) in [5.41, 5.74) is 0.602. The first-order valence-corrected chi connectivity index (χ1v) is 10.6. The molecule has 7 heteroatoms. The third-order valence-corrected chi connectivity index (χ3v) is 5.21. The van der Waals surface area contributed by atoms with Crippen LogP contribution in [-0.4, -0.2) is 47.8 Å². The third-order valence-electron chi connectivity index (χ3n) is 5.02. The molecule has 0 radical (unpaired) electrons. The van der Waals surface area contributed by atoms with Crippen molar-refractivity contribution in [3.05, 3.63) is 53.2 Å². The number of halogens is 1. The summed E-state index contributed by atoms with van der Waals surface area (Å²) < 4.78 is 11.4. The molecule has 1 aliphatic rings. The number of anilines is 1. The van der Waals surface area contributed by atoms with Crippen molar-refractivity contribution in [1.29, 1.82) is 0 Å². The lowest BCUT2D eigenvalue weighted by atomic mass is 10.0. The van der Waals surface area contributed by atoms with Gasteiger partial charge in [0.25, 0.3) is 0 Å². The van der Waals surface area contributed by atoms with Crippen LogP contribution < -0.4 is 9.64 Å². The van der Waals surface area contributed by atoms with Gasteiger partial charge in [-0.05, 0) is 39.2 Å². The fourth-order valence-electron chi connectivity index (χ4n) is 3.41. The number of rotatable bonds is 5. The minimum atomic E-state index is -0.493. The third kappa shape index (κ3) is 6.26. The molecule has 1 aromatic heterocycles. The number of carbonyl (C=O) groups excluding carboxylic acids is 1. The summed E-state index contributed by atoms with van der Waals surface area (Å²) >= 11 is 6.25. The first-order chi connectivity index (χ1) is 14.2. The molecule has 0 saturated carbocycles. The van der Waals surface area contributed by atoms with E-state index in [-0.39, 0.29) is 12.1 Å². The van der Waals surface area contributed by atoms with Crippen LogP contribution >= 0.6 is 11.6 Å². The van der Waals surface area contributed by atoms with E-state index in [9.17, 15) is 4.79 Å². The Morgan fingerprint density at radius 3 is 2.50 bits per heavy atom. The summed E-state index contributed by atoms with van der Waals surface area (Å²) in [5, 5.41) is 0.406. The Kier molecular flexibility index (Phi) is 7.08. The van der Waals surface area contributed by atoms with Crippen LogP contribution in [-0.2, 0) is 11.3 Å². The summed E-state index contributed by atoms with van der Waals surface area (Å²) in [6.07, 6.45) is 1.40. The highest BCUT2D eigenvalue weighted by Crippen LogP contribution is 2.27. The second-order valence-corrected chi connectivity index (χ2v) is 8.95. The van der Waals surface area contributed by atoms with E-state index < -0.39 is 5.60 Å². The second kappa shape index (κ2) is 9.56. The van der Waals surface area contributed by atoms with E-state index in [0.717, 1.165) is 37.3 Å². The maximum Gasteiger partial charge on any atom is 0.410 e. The Labute approximate surface area is 183 Å². The Morgan fingerprint density at radius 2 is 1.87 bits per heavy atom. The number of aromatic nitrogens is 1. The van der Waals surface area contributed by atoms with Crippen molar-refractivity contribution in [2.24, 2.45) is 0 Å². The number of benzene rings is 1. The van der Waals surface area contributed by atoms with E-state index in [1.54, 1.807) is 11.0 Å². The van der Waals surface area contributed by atoms with Crippen molar-refractivity contribution >= 4 is 23.5 Å². The largest absolute Gasteiger partial charge is 0.489 e. The van der Waals surface area contributed by atoms with Gasteiger partial charge in [-0.1, -0.05) is 41.9 Å². The van der Waals surface area contributed by atoms with Gasteiger partial charge in [0.05, 0.1) is 0 Å². The molecule has 0 spiro atoms. The van der Waals surface area contributed by atoms with Gasteiger partial charge in [0.2, 0.25) is 0 Å². The Hall–Kier alpha value is -2.47. The molecule has 2 aromatic rings. The summed E-state index contributed by atoms with van der Waals surface area (Å²) in [4.78, 5) is 20.7. The molecule has 0 bridgehead atoms. The Morgan fingerprint density at radius 1 is 1.20 bits per heavy atom. The SMILES string of the molecule is CN(C(=O)OC(C)(C)C)C1CCN(c2cc(OCc3ccccc3)cc(Cl)n2)CC1. The number of hydrogen-bond donors (Lipinski definition) is 0. The molecule has 1 aromatic carbocycles. The van der Waals surface area contributed by atoms with Gasteiger partial charge in [-0.25, -0.2) is 9.78 Å². The zero-order valence-electron chi connectivity index (χ0n) is 18.1. The van der Waals surface area contributed by atoms with Gasteiger partial charge < -0.3 is 19.3 Å². The quantitative estimate of drug-likeness (QED) is 0.613. The molecule has 0 N–H and O–H groups in total. The van der Waals surface area contributed by atoms with E-state index in [1.807, 2.05) is 64.2 Å². The van der Waals surface area contributed by atoms with Gasteiger partial charge >= 0.3 is 6.09 Å². The molecule has 0 aliphatic carbocycles. The Bertz CT molecular complexity index is 847. The summed E-state index contributed by atoms with van der Waals surface area (Å²) in [6, 6.07) is 13.8. The smallest absolute Gasteiger partial charge is 0.410 e. The van der Waals surface area contributed by atoms with Crippen LogP contribution in [0.4, 0.5) is 10.6 Å². The van der Waals surface area contributed by atoms with Gasteiger partial charge in [0.15, 0.2) is 0 Å². The molecular formula is C23H30ClN3O3. The lowest BCUT2D eigenvalue weighted by molar-refractivity contribution is 0.0201. The highest BCUT2D eigenvalue weighted by Gasteiger charge is 2.29. The van der Waals surface area contributed by atoms with Gasteiger partial charge in [0.1, 0.15) is 28.9 Å². The van der Waals surface area contributed by atoms with Gasteiger partial charge in [-0.15, -0.1) is 0 Å². The average molecular weight is 432 g/mol. The van der Waals surface area contributed by atoms with Gasteiger partial charge in [-0.2, -0.15) is 0 Å². The highest BCUT2D eigenvalue weighted by molar-refractivity contribution is 6.29. The number of pyridine rings is 1. The molecule has 0 atom stereocenters. The van der Waals surface area contributed by atoms with E-state index in [0.29, 0.717) is 17.5 Å². The second-order valence-electron chi connectivity index (χ2n) is 8.57. The lowest BCUT2D eigenvalue weighted by Gasteiger charge is -2.37. The van der Waals surface area contributed by atoms with Crippen molar-refractivity contribution in [3.63, 3.8) is 0 Å². The minimum Gasteiger partial charge on any atom is -0.489 e. The van der Waals surface area contributed by atoms with Crippen LogP contribution in [0.2, 0.25) is 5.15 Å². The van der Waals surface area contributed by atoms with Crippen LogP contribution in [0.5, 0.6) is 5.75 Å². The number of hydrogen-bond acceptors (Lipinski definition) is 5. The summed E-state index contributed by atoms with van der Waals surface area (Å²) in [5.74, 6) is 1.49. The van der Waals surface area contributed by atoms with Crippen LogP contribution in [0.3, 0.4) is 0 Å². The number of piperidine rings is 1. The molecule has 162 valence electrons. The first-order valence-electron chi connectivity index (χ1n) is 10.3. The minimum absolute atomic E-state index is 0.143. The van der Waals surface area contributed by atoms with E-state index in [1.165, 1.54) is 0 Å². The number of carbonyl (C=O) groups is 1. The summed E-state index contributed by atoms with van der Waals surface area (Å²) in [6.45, 7) is 7.67. The molecule has 1 aliphatic heterocycles. The van der Waals surface area contributed by atoms with Crippen LogP contribution in [0, 0.1) is 0 Å². The first kappa shape index (κ1) is 22.2. The lowest BCUT2D eigenvalue weighted by Crippen LogP contribution is -2.47. The molecule has 1 amide bonds. The molecule has 1 fully saturated rings. The topological polar surface area (TPSA) is 54.9 Å². The van der Waals surface area contributed by atoms with Crippen LogP contribution in [0.15, 0.2) is 42.5 Å². The normalized spacial score (nSPS) is 15.0. The van der Waals surface area contributed by atoms with Crippen LogP contribution in [0.25, 0.3) is 0 Å². The molecule has 2 heterocycles. The van der Waals surface area contributed by atoms with Crippen molar-refractivity contribution in [1.82, 2.24) is 9.88 Å². The van der Waals surface area contributed by atoms with Crippen LogP contribution in [0.1, 0.15) is 39.2 Å². The van der Waals surface area contributed by atoms with E-state index >= 15 is 0 Å². The molecule has 0 unspecified atom stereocenters. The van der Waals surface area contributed by atoms with E-state index in [4.69, 9.17) is 21.1 Å².